The molecule has 0 aliphatic rings. The van der Waals surface area contributed by atoms with Crippen molar-refractivity contribution < 1.29 is 4.79 Å². The zero-order chi connectivity index (χ0) is 13.7. The van der Waals surface area contributed by atoms with E-state index in [1.807, 2.05) is 38.2 Å². The lowest BCUT2D eigenvalue weighted by Crippen LogP contribution is -2.14. The molecule has 1 aromatic carbocycles. The van der Waals surface area contributed by atoms with Gasteiger partial charge in [-0.05, 0) is 43.8 Å². The van der Waals surface area contributed by atoms with E-state index in [4.69, 9.17) is 0 Å². The van der Waals surface area contributed by atoms with E-state index >= 15 is 0 Å². The molecule has 4 nitrogen and oxygen atoms in total. The SMILES string of the molecule is CNCc1cc(C(=O)Nc2cccc(C)c2)ccn1. The van der Waals surface area contributed by atoms with Gasteiger partial charge in [0.2, 0.25) is 0 Å². The molecule has 1 amide bonds. The fourth-order valence-corrected chi connectivity index (χ4v) is 1.82. The lowest BCUT2D eigenvalue weighted by atomic mass is 10.2. The third-order valence-corrected chi connectivity index (χ3v) is 2.71. The maximum atomic E-state index is 12.1. The predicted octanol–water partition coefficient (Wildman–Crippen LogP) is 2.36. The number of carbonyl (C=O) groups is 1. The van der Waals surface area contributed by atoms with Gasteiger partial charge >= 0.3 is 0 Å². The van der Waals surface area contributed by atoms with E-state index in [1.54, 1.807) is 18.3 Å². The zero-order valence-electron chi connectivity index (χ0n) is 11.1. The van der Waals surface area contributed by atoms with Crippen LogP contribution in [0.2, 0.25) is 0 Å². The van der Waals surface area contributed by atoms with Gasteiger partial charge in [-0.2, -0.15) is 0 Å². The number of anilines is 1. The molecular weight excluding hydrogens is 238 g/mol. The van der Waals surface area contributed by atoms with E-state index in [0.717, 1.165) is 16.9 Å². The van der Waals surface area contributed by atoms with E-state index in [0.29, 0.717) is 12.1 Å². The van der Waals surface area contributed by atoms with Crippen LogP contribution in [0.15, 0.2) is 42.6 Å². The van der Waals surface area contributed by atoms with E-state index in [2.05, 4.69) is 15.6 Å². The molecule has 0 spiro atoms. The number of carbonyl (C=O) groups excluding carboxylic acids is 1. The highest BCUT2D eigenvalue weighted by Crippen LogP contribution is 2.11. The largest absolute Gasteiger partial charge is 0.322 e. The second kappa shape index (κ2) is 6.11. The number of amides is 1. The Morgan fingerprint density at radius 3 is 2.84 bits per heavy atom. The number of hydrogen-bond donors (Lipinski definition) is 2. The molecule has 1 heterocycles. The molecule has 0 unspecified atom stereocenters. The van der Waals surface area contributed by atoms with Crippen LogP contribution in [0.3, 0.4) is 0 Å². The van der Waals surface area contributed by atoms with Crippen molar-refractivity contribution >= 4 is 11.6 Å². The number of nitrogens with one attached hydrogen (secondary N) is 2. The van der Waals surface area contributed by atoms with Crippen LogP contribution < -0.4 is 10.6 Å². The molecule has 1 aromatic heterocycles. The number of hydrogen-bond acceptors (Lipinski definition) is 3. The van der Waals surface area contributed by atoms with Gasteiger partial charge in [0.05, 0.1) is 5.69 Å². The number of rotatable bonds is 4. The summed E-state index contributed by atoms with van der Waals surface area (Å²) in [6, 6.07) is 11.2. The minimum atomic E-state index is -0.120. The predicted molar refractivity (Wildman–Crippen MR) is 76.1 cm³/mol. The Labute approximate surface area is 112 Å². The van der Waals surface area contributed by atoms with Crippen LogP contribution in [-0.4, -0.2) is 17.9 Å². The van der Waals surface area contributed by atoms with E-state index in [9.17, 15) is 4.79 Å². The van der Waals surface area contributed by atoms with Gasteiger partial charge in [-0.3, -0.25) is 9.78 Å². The van der Waals surface area contributed by atoms with Crippen molar-refractivity contribution in [2.45, 2.75) is 13.5 Å². The van der Waals surface area contributed by atoms with Crippen LogP contribution in [0.1, 0.15) is 21.6 Å². The standard InChI is InChI=1S/C15H17N3O/c1-11-4-3-5-13(8-11)18-15(19)12-6-7-17-14(9-12)10-16-2/h3-9,16H,10H2,1-2H3,(H,18,19). The molecule has 0 fully saturated rings. The average molecular weight is 255 g/mol. The summed E-state index contributed by atoms with van der Waals surface area (Å²) in [7, 11) is 1.85. The Hall–Kier alpha value is -2.20. The summed E-state index contributed by atoms with van der Waals surface area (Å²) < 4.78 is 0. The lowest BCUT2D eigenvalue weighted by molar-refractivity contribution is 0.102. The van der Waals surface area contributed by atoms with Crippen molar-refractivity contribution in [1.29, 1.82) is 0 Å². The van der Waals surface area contributed by atoms with Gasteiger partial charge in [0.25, 0.3) is 5.91 Å². The summed E-state index contributed by atoms with van der Waals surface area (Å²) in [5.74, 6) is -0.120. The summed E-state index contributed by atoms with van der Waals surface area (Å²) in [5.41, 5.74) is 3.38. The summed E-state index contributed by atoms with van der Waals surface area (Å²) >= 11 is 0. The third-order valence-electron chi connectivity index (χ3n) is 2.71. The topological polar surface area (TPSA) is 54.0 Å². The monoisotopic (exact) mass is 255 g/mol. The first-order chi connectivity index (χ1) is 9.19. The Balaban J connectivity index is 2.13. The molecular formula is C15H17N3O. The van der Waals surface area contributed by atoms with Gasteiger partial charge in [0, 0.05) is 24.0 Å². The molecule has 0 saturated heterocycles. The highest BCUT2D eigenvalue weighted by molar-refractivity contribution is 6.04. The van der Waals surface area contributed by atoms with Crippen LogP contribution in [-0.2, 0) is 6.54 Å². The number of nitrogens with zero attached hydrogens (tertiary/aromatic N) is 1. The molecule has 4 heteroatoms. The van der Waals surface area contributed by atoms with Crippen molar-refractivity contribution in [2.75, 3.05) is 12.4 Å². The van der Waals surface area contributed by atoms with Gasteiger partial charge in [-0.1, -0.05) is 12.1 Å². The third kappa shape index (κ3) is 3.63. The van der Waals surface area contributed by atoms with Crippen molar-refractivity contribution in [3.63, 3.8) is 0 Å². The molecule has 0 bridgehead atoms. The molecule has 2 rings (SSSR count). The van der Waals surface area contributed by atoms with Gasteiger partial charge in [-0.25, -0.2) is 0 Å². The molecule has 0 aliphatic heterocycles. The molecule has 19 heavy (non-hydrogen) atoms. The van der Waals surface area contributed by atoms with Crippen molar-refractivity contribution in [3.05, 3.63) is 59.4 Å². The molecule has 0 radical (unpaired) electrons. The van der Waals surface area contributed by atoms with Crippen molar-refractivity contribution in [3.8, 4) is 0 Å². The molecule has 98 valence electrons. The van der Waals surface area contributed by atoms with Crippen LogP contribution >= 0.6 is 0 Å². The lowest BCUT2D eigenvalue weighted by Gasteiger charge is -2.07. The van der Waals surface area contributed by atoms with Crippen LogP contribution in [0, 0.1) is 6.92 Å². The summed E-state index contributed by atoms with van der Waals surface area (Å²) in [6.07, 6.45) is 1.65. The van der Waals surface area contributed by atoms with Crippen LogP contribution in [0.25, 0.3) is 0 Å². The van der Waals surface area contributed by atoms with E-state index in [1.165, 1.54) is 0 Å². The Kier molecular flexibility index (Phi) is 4.26. The molecule has 2 N–H and O–H groups in total. The molecule has 0 aliphatic carbocycles. The number of benzene rings is 1. The van der Waals surface area contributed by atoms with Gasteiger partial charge < -0.3 is 10.6 Å². The number of pyridine rings is 1. The quantitative estimate of drug-likeness (QED) is 0.881. The van der Waals surface area contributed by atoms with Crippen molar-refractivity contribution in [2.24, 2.45) is 0 Å². The summed E-state index contributed by atoms with van der Waals surface area (Å²) in [6.45, 7) is 2.64. The first-order valence-corrected chi connectivity index (χ1v) is 6.16. The molecule has 0 atom stereocenters. The minimum absolute atomic E-state index is 0.120. The zero-order valence-corrected chi connectivity index (χ0v) is 11.1. The van der Waals surface area contributed by atoms with Crippen molar-refractivity contribution in [1.82, 2.24) is 10.3 Å². The second-order valence-electron chi connectivity index (χ2n) is 4.39. The fraction of sp³-hybridized carbons (Fsp3) is 0.200. The molecule has 0 saturated carbocycles. The Morgan fingerprint density at radius 1 is 1.26 bits per heavy atom. The summed E-state index contributed by atoms with van der Waals surface area (Å²) in [5, 5.41) is 5.89. The summed E-state index contributed by atoms with van der Waals surface area (Å²) in [4.78, 5) is 16.3. The van der Waals surface area contributed by atoms with Gasteiger partial charge in [-0.15, -0.1) is 0 Å². The first kappa shape index (κ1) is 13.2. The van der Waals surface area contributed by atoms with Gasteiger partial charge in [0.15, 0.2) is 0 Å². The number of aryl methyl sites for hydroxylation is 1. The van der Waals surface area contributed by atoms with Gasteiger partial charge in [0.1, 0.15) is 0 Å². The number of aromatic nitrogens is 1. The molecule has 2 aromatic rings. The minimum Gasteiger partial charge on any atom is -0.322 e. The maximum absolute atomic E-state index is 12.1. The van der Waals surface area contributed by atoms with E-state index in [-0.39, 0.29) is 5.91 Å². The Bertz CT molecular complexity index is 581. The smallest absolute Gasteiger partial charge is 0.255 e. The van der Waals surface area contributed by atoms with Crippen LogP contribution in [0.5, 0.6) is 0 Å². The highest BCUT2D eigenvalue weighted by Gasteiger charge is 2.07. The fourth-order valence-electron chi connectivity index (χ4n) is 1.82. The maximum Gasteiger partial charge on any atom is 0.255 e. The average Bonchev–Trinajstić information content (AvgIpc) is 2.39. The van der Waals surface area contributed by atoms with E-state index < -0.39 is 0 Å². The van der Waals surface area contributed by atoms with Crippen LogP contribution in [0.4, 0.5) is 5.69 Å². The second-order valence-corrected chi connectivity index (χ2v) is 4.39. The normalized spacial score (nSPS) is 10.2. The Morgan fingerprint density at radius 2 is 2.11 bits per heavy atom. The highest BCUT2D eigenvalue weighted by atomic mass is 16.1. The first-order valence-electron chi connectivity index (χ1n) is 6.16.